The van der Waals surface area contributed by atoms with Gasteiger partial charge in [0.1, 0.15) is 0 Å². The van der Waals surface area contributed by atoms with Gasteiger partial charge in [-0.3, -0.25) is 4.74 Å². The van der Waals surface area contributed by atoms with E-state index < -0.39 is 19.8 Å². The summed E-state index contributed by atoms with van der Waals surface area (Å²) in [6, 6.07) is 0. The molecule has 0 aromatic rings. The maximum absolute atomic E-state index is 13.1. The van der Waals surface area contributed by atoms with Crippen molar-refractivity contribution >= 4 is 69.6 Å². The molecule has 0 heterocycles. The van der Waals surface area contributed by atoms with Gasteiger partial charge in [-0.1, -0.05) is 58.0 Å². The zero-order chi connectivity index (χ0) is 12.7. The van der Waals surface area contributed by atoms with Gasteiger partial charge in [-0.25, -0.2) is 0 Å². The topological polar surface area (TPSA) is 9.23 Å². The summed E-state index contributed by atoms with van der Waals surface area (Å²) in [5.41, 5.74) is 0. The first-order valence-electron chi connectivity index (χ1n) is 2.80. The predicted molar refractivity (Wildman–Crippen MR) is 51.6 cm³/mol. The molecule has 1 unspecified atom stereocenters. The van der Waals surface area contributed by atoms with Crippen LogP contribution in [0.15, 0.2) is 0 Å². The van der Waals surface area contributed by atoms with Crippen molar-refractivity contribution in [1.29, 1.82) is 0 Å². The molecule has 0 saturated heterocycles. The van der Waals surface area contributed by atoms with Gasteiger partial charge in [0.15, 0.2) is 0 Å². The maximum Gasteiger partial charge on any atom is 0.447 e. The summed E-state index contributed by atoms with van der Waals surface area (Å²) >= 11 is 28.7. The van der Waals surface area contributed by atoms with Gasteiger partial charge in [-0.15, -0.1) is 0 Å². The molecule has 0 fully saturated rings. The zero-order valence-corrected chi connectivity index (χ0v) is 10.7. The molecule has 0 aliphatic rings. The Morgan fingerprint density at radius 2 is 1.07 bits per heavy atom. The molecule has 11 heteroatoms. The number of rotatable bonds is 2. The van der Waals surface area contributed by atoms with Crippen LogP contribution in [0.5, 0.6) is 0 Å². The molecule has 0 aromatic heterocycles. The Morgan fingerprint density at radius 3 is 1.27 bits per heavy atom. The lowest BCUT2D eigenvalue weighted by Crippen LogP contribution is -2.47. The van der Waals surface area contributed by atoms with Crippen molar-refractivity contribution in [1.82, 2.24) is 0 Å². The van der Waals surface area contributed by atoms with Crippen LogP contribution in [0.4, 0.5) is 17.6 Å². The third-order valence-corrected chi connectivity index (χ3v) is 2.88. The van der Waals surface area contributed by atoms with Crippen LogP contribution in [0.25, 0.3) is 0 Å². The molecule has 0 aromatic carbocycles. The van der Waals surface area contributed by atoms with Crippen molar-refractivity contribution in [3.8, 4) is 0 Å². The van der Waals surface area contributed by atoms with Crippen LogP contribution in [0.3, 0.4) is 0 Å². The van der Waals surface area contributed by atoms with E-state index in [2.05, 4.69) is 27.9 Å². The molecular formula is C4Cl6F4O. The number of alkyl halides is 10. The molecule has 1 atom stereocenters. The Bertz CT molecular complexity index is 208. The van der Waals surface area contributed by atoms with Gasteiger partial charge in [0.2, 0.25) is 0 Å². The van der Waals surface area contributed by atoms with Crippen molar-refractivity contribution in [3.05, 3.63) is 0 Å². The number of hydrogen-bond donors (Lipinski definition) is 0. The third-order valence-electron chi connectivity index (χ3n) is 0.916. The molecule has 92 valence electrons. The maximum atomic E-state index is 13.1. The van der Waals surface area contributed by atoms with Crippen molar-refractivity contribution in [2.75, 3.05) is 0 Å². The molecule has 1 nitrogen and oxygen atoms in total. The first kappa shape index (κ1) is 16.4. The predicted octanol–water partition coefficient (Wildman–Crippen LogP) is 4.93. The lowest BCUT2D eigenvalue weighted by atomic mass is 10.6. The van der Waals surface area contributed by atoms with Gasteiger partial charge in [-0.05, 0) is 11.6 Å². The van der Waals surface area contributed by atoms with E-state index in [-0.39, 0.29) is 0 Å². The molecule has 15 heavy (non-hydrogen) atoms. The summed E-state index contributed by atoms with van der Waals surface area (Å²) in [5, 5.41) is -3.84. The molecular weight excluding hydrogens is 353 g/mol. The first-order chi connectivity index (χ1) is 6.21. The van der Waals surface area contributed by atoms with E-state index in [0.717, 1.165) is 0 Å². The average molecular weight is 353 g/mol. The highest BCUT2D eigenvalue weighted by Crippen LogP contribution is 2.52. The van der Waals surface area contributed by atoms with Crippen molar-refractivity contribution < 1.29 is 22.3 Å². The van der Waals surface area contributed by atoms with Crippen LogP contribution in [0, 0.1) is 0 Å². The van der Waals surface area contributed by atoms with Crippen LogP contribution in [0.2, 0.25) is 0 Å². The average Bonchev–Trinajstić information content (AvgIpc) is 1.77. The third kappa shape index (κ3) is 4.30. The summed E-state index contributed by atoms with van der Waals surface area (Å²) < 4.78 is 45.6. The molecule has 0 saturated carbocycles. The second-order valence-electron chi connectivity index (χ2n) is 2.13. The van der Waals surface area contributed by atoms with Gasteiger partial charge >= 0.3 is 16.0 Å². The van der Waals surface area contributed by atoms with Gasteiger partial charge in [0.05, 0.1) is 0 Å². The summed E-state index contributed by atoms with van der Waals surface area (Å²) in [7, 11) is 0. The standard InChI is InChI=1S/C4Cl6F4O/c5-1(6,7)3(10,11)15-2(8,9)4(12,13)14. The van der Waals surface area contributed by atoms with Gasteiger partial charge in [-0.2, -0.15) is 17.6 Å². The van der Waals surface area contributed by atoms with Gasteiger partial charge in [0.25, 0.3) is 3.79 Å². The normalized spacial score (nSPS) is 18.8. The Kier molecular flexibility index (Phi) is 5.03. The summed E-state index contributed by atoms with van der Waals surface area (Å²) in [6.45, 7) is 0. The van der Waals surface area contributed by atoms with E-state index in [0.29, 0.717) is 0 Å². The van der Waals surface area contributed by atoms with Crippen LogP contribution < -0.4 is 0 Å². The van der Waals surface area contributed by atoms with Crippen molar-refractivity contribution in [2.24, 2.45) is 0 Å². The largest absolute Gasteiger partial charge is 0.447 e. The Labute approximate surface area is 111 Å². The molecule has 0 radical (unpaired) electrons. The highest BCUT2D eigenvalue weighted by molar-refractivity contribution is 6.70. The molecule has 0 bridgehead atoms. The summed E-state index contributed by atoms with van der Waals surface area (Å²) in [5.74, 6) is 0. The van der Waals surface area contributed by atoms with E-state index >= 15 is 0 Å². The smallest absolute Gasteiger partial charge is 0.286 e. The summed E-state index contributed by atoms with van der Waals surface area (Å²) in [4.78, 5) is 0. The minimum atomic E-state index is -5.32. The fourth-order valence-electron chi connectivity index (χ4n) is 0.277. The van der Waals surface area contributed by atoms with Crippen LogP contribution in [-0.2, 0) is 4.74 Å². The monoisotopic (exact) mass is 350 g/mol. The zero-order valence-electron chi connectivity index (χ0n) is 6.19. The molecule has 0 amide bonds. The Hall–Kier alpha value is 1.42. The van der Waals surface area contributed by atoms with Crippen molar-refractivity contribution in [3.63, 3.8) is 0 Å². The second kappa shape index (κ2) is 4.59. The minimum absolute atomic E-state index is 3.01. The lowest BCUT2D eigenvalue weighted by molar-refractivity contribution is -0.248. The van der Waals surface area contributed by atoms with E-state index in [1.54, 1.807) is 0 Å². The number of halogens is 10. The quantitative estimate of drug-likeness (QED) is 0.506. The molecule has 0 rings (SSSR count). The van der Waals surface area contributed by atoms with Crippen molar-refractivity contribution in [2.45, 2.75) is 19.8 Å². The van der Waals surface area contributed by atoms with E-state index in [4.69, 9.17) is 46.4 Å². The molecule has 0 spiro atoms. The highest BCUT2D eigenvalue weighted by atomic mass is 35.6. The lowest BCUT2D eigenvalue weighted by Gasteiger charge is -2.32. The highest BCUT2D eigenvalue weighted by Gasteiger charge is 2.63. The minimum Gasteiger partial charge on any atom is -0.286 e. The van der Waals surface area contributed by atoms with E-state index in [1.165, 1.54) is 0 Å². The van der Waals surface area contributed by atoms with E-state index in [9.17, 15) is 17.6 Å². The summed E-state index contributed by atoms with van der Waals surface area (Å²) in [6.07, 6.45) is -5.32. The van der Waals surface area contributed by atoms with Crippen LogP contribution >= 0.6 is 69.6 Å². The Morgan fingerprint density at radius 1 is 0.733 bits per heavy atom. The Balaban J connectivity index is 4.89. The fourth-order valence-corrected chi connectivity index (χ4v) is 0.800. The van der Waals surface area contributed by atoms with Crippen LogP contribution in [-0.4, -0.2) is 19.8 Å². The molecule has 0 N–H and O–H groups in total. The fraction of sp³-hybridized carbons (Fsp3) is 1.00. The second-order valence-corrected chi connectivity index (χ2v) is 6.16. The number of ether oxygens (including phenoxy) is 1. The van der Waals surface area contributed by atoms with E-state index in [1.807, 2.05) is 0 Å². The van der Waals surface area contributed by atoms with Gasteiger partial charge < -0.3 is 0 Å². The first-order valence-corrected chi connectivity index (χ1v) is 5.07. The molecule has 0 aliphatic carbocycles. The van der Waals surface area contributed by atoms with Crippen LogP contribution in [0.1, 0.15) is 0 Å². The molecule has 0 aliphatic heterocycles. The SMILES string of the molecule is FC(F)(F)C(Cl)(Cl)OC(F)(Cl)C(Cl)(Cl)Cl. The number of hydrogen-bond acceptors (Lipinski definition) is 1. The van der Waals surface area contributed by atoms with Gasteiger partial charge in [0, 0.05) is 0 Å².